The zero-order valence-electron chi connectivity index (χ0n) is 20.3. The van der Waals surface area contributed by atoms with Crippen LogP contribution < -0.4 is 4.90 Å². The van der Waals surface area contributed by atoms with Crippen molar-refractivity contribution in [2.75, 3.05) is 18.0 Å². The number of aromatic nitrogens is 1. The van der Waals surface area contributed by atoms with E-state index >= 15 is 0 Å². The lowest BCUT2D eigenvalue weighted by atomic mass is 9.87. The number of hydrogen-bond donors (Lipinski definition) is 0. The first-order chi connectivity index (χ1) is 15.6. The number of anilines is 1. The van der Waals surface area contributed by atoms with Crippen LogP contribution in [0.2, 0.25) is 0 Å². The number of oxazole rings is 1. The van der Waals surface area contributed by atoms with Crippen LogP contribution in [-0.2, 0) is 21.7 Å². The van der Waals surface area contributed by atoms with Crippen molar-refractivity contribution < 1.29 is 12.8 Å². The van der Waals surface area contributed by atoms with Crippen LogP contribution in [0, 0.1) is 5.92 Å². The molecule has 6 heteroatoms. The largest absolute Gasteiger partial charge is 0.419 e. The second-order valence-corrected chi connectivity index (χ2v) is 12.0. The summed E-state index contributed by atoms with van der Waals surface area (Å²) in [6.45, 7) is 12.3. The number of rotatable bonds is 5. The fourth-order valence-electron chi connectivity index (χ4n) is 4.14. The van der Waals surface area contributed by atoms with Gasteiger partial charge in [-0.2, -0.15) is 4.98 Å². The molecule has 1 aliphatic rings. The summed E-state index contributed by atoms with van der Waals surface area (Å²) in [5.41, 5.74) is 3.10. The number of nitrogens with zero attached hydrogens (tertiary/aromatic N) is 2. The molecule has 176 valence electrons. The molecule has 0 saturated carbocycles. The molecule has 3 aromatic rings. The maximum Gasteiger partial charge on any atom is 0.236 e. The van der Waals surface area contributed by atoms with Crippen LogP contribution in [0.3, 0.4) is 0 Å². The third kappa shape index (κ3) is 4.86. The molecule has 0 bridgehead atoms. The van der Waals surface area contributed by atoms with E-state index in [0.29, 0.717) is 17.7 Å². The smallest absolute Gasteiger partial charge is 0.236 e. The standard InChI is InChI=1S/C27H34N2O3S/c1-6-20-7-13-23(14-8-20)33(30,31)25-26(29-17-15-19(2)16-18-29)32-24(28-25)21-9-11-22(12-10-21)27(3,4)5/h7-14,19H,6,15-18H2,1-5H3. The second kappa shape index (κ2) is 8.98. The maximum absolute atomic E-state index is 13.6. The Kier molecular flexibility index (Phi) is 6.41. The van der Waals surface area contributed by atoms with Gasteiger partial charge in [0.15, 0.2) is 0 Å². The Morgan fingerprint density at radius 3 is 2.15 bits per heavy atom. The Bertz CT molecular complexity index is 1200. The SMILES string of the molecule is CCc1ccc(S(=O)(=O)c2nc(-c3ccc(C(C)(C)C)cc3)oc2N2CCC(C)CC2)cc1. The Balaban J connectivity index is 1.78. The van der Waals surface area contributed by atoms with Gasteiger partial charge in [0.1, 0.15) is 0 Å². The molecule has 0 unspecified atom stereocenters. The molecule has 1 aromatic heterocycles. The number of benzene rings is 2. The summed E-state index contributed by atoms with van der Waals surface area (Å²) in [6.07, 6.45) is 2.86. The van der Waals surface area contributed by atoms with E-state index in [0.717, 1.165) is 43.5 Å². The summed E-state index contributed by atoms with van der Waals surface area (Å²) in [5, 5.41) is 0.0104. The fraction of sp³-hybridized carbons (Fsp3) is 0.444. The van der Waals surface area contributed by atoms with Crippen molar-refractivity contribution in [2.45, 2.75) is 69.2 Å². The molecule has 0 amide bonds. The van der Waals surface area contributed by atoms with Crippen molar-refractivity contribution in [1.82, 2.24) is 4.98 Å². The molecule has 1 fully saturated rings. The molecule has 4 rings (SSSR count). The maximum atomic E-state index is 13.6. The molecule has 0 atom stereocenters. The lowest BCUT2D eigenvalue weighted by Crippen LogP contribution is -2.33. The van der Waals surface area contributed by atoms with E-state index in [1.165, 1.54) is 5.56 Å². The molecular weight excluding hydrogens is 432 g/mol. The van der Waals surface area contributed by atoms with Crippen molar-refractivity contribution in [3.05, 3.63) is 59.7 Å². The third-order valence-corrected chi connectivity index (χ3v) is 8.21. The van der Waals surface area contributed by atoms with Crippen molar-refractivity contribution in [1.29, 1.82) is 0 Å². The number of aryl methyl sites for hydroxylation is 1. The molecular formula is C27H34N2O3S. The van der Waals surface area contributed by atoms with Gasteiger partial charge in [0.25, 0.3) is 0 Å². The molecule has 33 heavy (non-hydrogen) atoms. The van der Waals surface area contributed by atoms with Crippen molar-refractivity contribution in [2.24, 2.45) is 5.92 Å². The molecule has 1 saturated heterocycles. The average Bonchev–Trinajstić information content (AvgIpc) is 3.25. The highest BCUT2D eigenvalue weighted by Crippen LogP contribution is 2.37. The zero-order valence-corrected chi connectivity index (χ0v) is 21.1. The average molecular weight is 467 g/mol. The van der Waals surface area contributed by atoms with Gasteiger partial charge in [-0.05, 0) is 66.0 Å². The summed E-state index contributed by atoms with van der Waals surface area (Å²) in [4.78, 5) is 6.84. The van der Waals surface area contributed by atoms with Crippen LogP contribution in [0.4, 0.5) is 5.88 Å². The number of sulfone groups is 1. The van der Waals surface area contributed by atoms with E-state index in [1.54, 1.807) is 12.1 Å². The molecule has 5 nitrogen and oxygen atoms in total. The highest BCUT2D eigenvalue weighted by atomic mass is 32.2. The fourth-order valence-corrected chi connectivity index (χ4v) is 5.46. The summed E-state index contributed by atoms with van der Waals surface area (Å²) in [6, 6.07) is 15.1. The number of piperidine rings is 1. The van der Waals surface area contributed by atoms with Crippen LogP contribution in [0.1, 0.15) is 58.6 Å². The van der Waals surface area contributed by atoms with E-state index in [2.05, 4.69) is 44.8 Å². The molecule has 2 aromatic carbocycles. The van der Waals surface area contributed by atoms with Crippen LogP contribution in [0.5, 0.6) is 0 Å². The van der Waals surface area contributed by atoms with Gasteiger partial charge in [0, 0.05) is 18.7 Å². The van der Waals surface area contributed by atoms with Gasteiger partial charge in [-0.3, -0.25) is 0 Å². The van der Waals surface area contributed by atoms with Crippen LogP contribution in [-0.4, -0.2) is 26.5 Å². The normalized spacial score (nSPS) is 15.7. The van der Waals surface area contributed by atoms with Gasteiger partial charge in [0.05, 0.1) is 4.90 Å². The van der Waals surface area contributed by atoms with Gasteiger partial charge in [-0.1, -0.05) is 58.9 Å². The van der Waals surface area contributed by atoms with E-state index in [1.807, 2.05) is 36.1 Å². The van der Waals surface area contributed by atoms with Crippen molar-refractivity contribution in [3.63, 3.8) is 0 Å². The summed E-state index contributed by atoms with van der Waals surface area (Å²) >= 11 is 0. The minimum Gasteiger partial charge on any atom is -0.419 e. The zero-order chi connectivity index (χ0) is 23.8. The van der Waals surface area contributed by atoms with Crippen LogP contribution in [0.25, 0.3) is 11.5 Å². The minimum atomic E-state index is -3.82. The van der Waals surface area contributed by atoms with Crippen molar-refractivity contribution in [3.8, 4) is 11.5 Å². The Morgan fingerprint density at radius 1 is 1.00 bits per heavy atom. The quantitative estimate of drug-likeness (QED) is 0.443. The van der Waals surface area contributed by atoms with Gasteiger partial charge >= 0.3 is 0 Å². The van der Waals surface area contributed by atoms with E-state index < -0.39 is 9.84 Å². The lowest BCUT2D eigenvalue weighted by Gasteiger charge is -2.30. The first-order valence-electron chi connectivity index (χ1n) is 11.8. The number of hydrogen-bond acceptors (Lipinski definition) is 5. The molecule has 0 aliphatic carbocycles. The lowest BCUT2D eigenvalue weighted by molar-refractivity contribution is 0.415. The monoisotopic (exact) mass is 466 g/mol. The first-order valence-corrected chi connectivity index (χ1v) is 13.3. The summed E-state index contributed by atoms with van der Waals surface area (Å²) in [7, 11) is -3.82. The van der Waals surface area contributed by atoms with E-state index in [-0.39, 0.29) is 15.3 Å². The molecule has 1 aliphatic heterocycles. The Morgan fingerprint density at radius 2 is 1.61 bits per heavy atom. The molecule has 0 spiro atoms. The second-order valence-electron chi connectivity index (χ2n) is 10.1. The Hall–Kier alpha value is -2.60. The summed E-state index contributed by atoms with van der Waals surface area (Å²) in [5.74, 6) is 1.32. The van der Waals surface area contributed by atoms with Crippen LogP contribution >= 0.6 is 0 Å². The predicted molar refractivity (Wildman–Crippen MR) is 133 cm³/mol. The van der Waals surface area contributed by atoms with Crippen molar-refractivity contribution >= 4 is 15.7 Å². The minimum absolute atomic E-state index is 0.0104. The highest BCUT2D eigenvalue weighted by molar-refractivity contribution is 7.91. The van der Waals surface area contributed by atoms with Crippen LogP contribution in [0.15, 0.2) is 62.9 Å². The van der Waals surface area contributed by atoms with Gasteiger partial charge in [-0.25, -0.2) is 8.42 Å². The van der Waals surface area contributed by atoms with Gasteiger partial charge in [0.2, 0.25) is 26.6 Å². The molecule has 2 heterocycles. The summed E-state index contributed by atoms with van der Waals surface area (Å²) < 4.78 is 33.5. The predicted octanol–water partition coefficient (Wildman–Crippen LogP) is 6.27. The van der Waals surface area contributed by atoms with E-state index in [4.69, 9.17) is 4.42 Å². The molecule has 0 radical (unpaired) electrons. The van der Waals surface area contributed by atoms with Gasteiger partial charge < -0.3 is 9.32 Å². The molecule has 0 N–H and O–H groups in total. The topological polar surface area (TPSA) is 63.4 Å². The first kappa shape index (κ1) is 23.6. The van der Waals surface area contributed by atoms with Gasteiger partial charge in [-0.15, -0.1) is 0 Å². The Labute approximate surface area is 197 Å². The van der Waals surface area contributed by atoms with E-state index in [9.17, 15) is 8.42 Å². The third-order valence-electron chi connectivity index (χ3n) is 6.54. The highest BCUT2D eigenvalue weighted by Gasteiger charge is 2.32.